The van der Waals surface area contributed by atoms with Crippen molar-refractivity contribution in [2.24, 2.45) is 0 Å². The fourth-order valence-electron chi connectivity index (χ4n) is 2.85. The van der Waals surface area contributed by atoms with E-state index in [4.69, 9.17) is 9.72 Å². The van der Waals surface area contributed by atoms with E-state index in [0.29, 0.717) is 5.95 Å². The number of anilines is 1. The molecule has 122 valence electrons. The Morgan fingerprint density at radius 2 is 2.17 bits per heavy atom. The van der Waals surface area contributed by atoms with E-state index in [1.165, 1.54) is 4.88 Å². The number of rotatable bonds is 5. The van der Waals surface area contributed by atoms with Gasteiger partial charge in [0.1, 0.15) is 6.10 Å². The third-order valence-electron chi connectivity index (χ3n) is 4.05. The number of hydrogen-bond donors (Lipinski definition) is 1. The Morgan fingerprint density at radius 3 is 2.92 bits per heavy atom. The molecule has 0 bridgehead atoms. The van der Waals surface area contributed by atoms with Gasteiger partial charge in [-0.3, -0.25) is 4.98 Å². The largest absolute Gasteiger partial charge is 0.372 e. The molecule has 24 heavy (non-hydrogen) atoms. The highest BCUT2D eigenvalue weighted by atomic mass is 32.1. The first-order valence-corrected chi connectivity index (χ1v) is 8.93. The van der Waals surface area contributed by atoms with Crippen molar-refractivity contribution in [3.05, 3.63) is 58.8 Å². The molecule has 1 fully saturated rings. The minimum atomic E-state index is 0.0402. The van der Waals surface area contributed by atoms with Crippen LogP contribution in [-0.2, 0) is 11.3 Å². The number of nitrogens with zero attached hydrogens (tertiary/aromatic N) is 3. The molecule has 3 aromatic heterocycles. The lowest BCUT2D eigenvalue weighted by molar-refractivity contribution is 0.109. The summed E-state index contributed by atoms with van der Waals surface area (Å²) in [7, 11) is 0. The second kappa shape index (κ2) is 7.07. The van der Waals surface area contributed by atoms with Crippen LogP contribution in [0.4, 0.5) is 5.95 Å². The summed E-state index contributed by atoms with van der Waals surface area (Å²) in [6.07, 6.45) is 7.58. The van der Waals surface area contributed by atoms with Crippen LogP contribution in [-0.4, -0.2) is 21.6 Å². The molecule has 0 amide bonds. The van der Waals surface area contributed by atoms with Crippen molar-refractivity contribution in [1.82, 2.24) is 15.0 Å². The summed E-state index contributed by atoms with van der Waals surface area (Å²) in [6.45, 7) is 1.53. The lowest BCUT2D eigenvalue weighted by atomic mass is 10.0. The second-order valence-electron chi connectivity index (χ2n) is 5.66. The molecule has 4 rings (SSSR count). The summed E-state index contributed by atoms with van der Waals surface area (Å²) >= 11 is 1.72. The molecule has 5 nitrogen and oxygen atoms in total. The summed E-state index contributed by atoms with van der Waals surface area (Å²) in [6, 6.07) is 8.11. The van der Waals surface area contributed by atoms with Crippen molar-refractivity contribution in [1.29, 1.82) is 0 Å². The molecule has 1 atom stereocenters. The van der Waals surface area contributed by atoms with Crippen LogP contribution in [0.2, 0.25) is 0 Å². The zero-order valence-electron chi connectivity index (χ0n) is 13.2. The van der Waals surface area contributed by atoms with Gasteiger partial charge in [0.2, 0.25) is 5.95 Å². The van der Waals surface area contributed by atoms with Gasteiger partial charge in [-0.25, -0.2) is 9.97 Å². The van der Waals surface area contributed by atoms with E-state index in [0.717, 1.165) is 42.8 Å². The van der Waals surface area contributed by atoms with Crippen molar-refractivity contribution in [3.8, 4) is 11.1 Å². The van der Waals surface area contributed by atoms with Gasteiger partial charge in [-0.05, 0) is 42.0 Å². The lowest BCUT2D eigenvalue weighted by Gasteiger charge is -2.15. The van der Waals surface area contributed by atoms with Crippen LogP contribution in [0.25, 0.3) is 11.1 Å². The number of thiophene rings is 1. The van der Waals surface area contributed by atoms with Crippen molar-refractivity contribution in [3.63, 3.8) is 0 Å². The summed E-state index contributed by atoms with van der Waals surface area (Å²) < 4.78 is 5.87. The Morgan fingerprint density at radius 1 is 1.25 bits per heavy atom. The monoisotopic (exact) mass is 338 g/mol. The molecule has 0 radical (unpaired) electrons. The minimum absolute atomic E-state index is 0.0402. The van der Waals surface area contributed by atoms with Crippen molar-refractivity contribution >= 4 is 17.3 Å². The highest BCUT2D eigenvalue weighted by molar-refractivity contribution is 7.09. The summed E-state index contributed by atoms with van der Waals surface area (Å²) in [5.41, 5.74) is 3.05. The average Bonchev–Trinajstić information content (AvgIpc) is 3.34. The van der Waals surface area contributed by atoms with Crippen molar-refractivity contribution in [2.45, 2.75) is 25.5 Å². The maximum Gasteiger partial charge on any atom is 0.223 e. The predicted octanol–water partition coefficient (Wildman–Crippen LogP) is 4.06. The summed E-state index contributed by atoms with van der Waals surface area (Å²) in [4.78, 5) is 14.6. The number of nitrogens with one attached hydrogen (secondary N) is 1. The molecule has 0 spiro atoms. The third-order valence-corrected chi connectivity index (χ3v) is 4.92. The number of pyridine rings is 1. The molecule has 3 aromatic rings. The molecular formula is C18H18N4OS. The van der Waals surface area contributed by atoms with Crippen LogP contribution in [0.1, 0.15) is 29.5 Å². The molecule has 6 heteroatoms. The normalized spacial score (nSPS) is 17.1. The average molecular weight is 338 g/mol. The van der Waals surface area contributed by atoms with Gasteiger partial charge in [0, 0.05) is 35.6 Å². The van der Waals surface area contributed by atoms with E-state index in [-0.39, 0.29) is 6.10 Å². The fraction of sp³-hybridized carbons (Fsp3) is 0.278. The van der Waals surface area contributed by atoms with E-state index in [1.54, 1.807) is 23.7 Å². The highest BCUT2D eigenvalue weighted by Crippen LogP contribution is 2.34. The van der Waals surface area contributed by atoms with Gasteiger partial charge < -0.3 is 10.1 Å². The first-order valence-electron chi connectivity index (χ1n) is 8.05. The van der Waals surface area contributed by atoms with E-state index in [9.17, 15) is 0 Å². The van der Waals surface area contributed by atoms with Gasteiger partial charge in [0.25, 0.3) is 0 Å². The summed E-state index contributed by atoms with van der Waals surface area (Å²) in [5, 5.41) is 5.38. The number of hydrogen-bond acceptors (Lipinski definition) is 6. The molecule has 1 saturated heterocycles. The van der Waals surface area contributed by atoms with Crippen LogP contribution < -0.4 is 5.32 Å². The quantitative estimate of drug-likeness (QED) is 0.760. The van der Waals surface area contributed by atoms with E-state index < -0.39 is 0 Å². The smallest absolute Gasteiger partial charge is 0.223 e. The number of ether oxygens (including phenoxy) is 1. The van der Waals surface area contributed by atoms with Crippen molar-refractivity contribution < 1.29 is 4.74 Å². The van der Waals surface area contributed by atoms with Gasteiger partial charge in [0.05, 0.1) is 12.2 Å². The van der Waals surface area contributed by atoms with Crippen LogP contribution >= 0.6 is 11.3 Å². The van der Waals surface area contributed by atoms with Gasteiger partial charge in [-0.2, -0.15) is 0 Å². The maximum absolute atomic E-state index is 5.87. The minimum Gasteiger partial charge on any atom is -0.372 e. The molecule has 0 unspecified atom stereocenters. The first-order chi connectivity index (χ1) is 11.9. The Kier molecular flexibility index (Phi) is 4.49. The molecule has 0 aliphatic carbocycles. The van der Waals surface area contributed by atoms with E-state index >= 15 is 0 Å². The SMILES string of the molecule is c1csc(CNc2ncc(-c3ccncc3)c([C@H]3CCCO3)n2)c1. The van der Waals surface area contributed by atoms with Crippen LogP contribution in [0.3, 0.4) is 0 Å². The molecule has 0 aromatic carbocycles. The van der Waals surface area contributed by atoms with Crippen molar-refractivity contribution in [2.75, 3.05) is 11.9 Å². The Bertz CT molecular complexity index is 786. The van der Waals surface area contributed by atoms with E-state index in [2.05, 4.69) is 26.7 Å². The third kappa shape index (κ3) is 3.29. The fourth-order valence-corrected chi connectivity index (χ4v) is 3.50. The molecular weight excluding hydrogens is 320 g/mol. The van der Waals surface area contributed by atoms with Crippen LogP contribution in [0.15, 0.2) is 48.2 Å². The predicted molar refractivity (Wildman–Crippen MR) is 94.8 cm³/mol. The highest BCUT2D eigenvalue weighted by Gasteiger charge is 2.23. The first kappa shape index (κ1) is 15.2. The molecule has 0 saturated carbocycles. The summed E-state index contributed by atoms with van der Waals surface area (Å²) in [5.74, 6) is 0.645. The Hall–Kier alpha value is -2.31. The molecule has 4 heterocycles. The van der Waals surface area contributed by atoms with E-state index in [1.807, 2.05) is 24.4 Å². The Balaban J connectivity index is 1.64. The second-order valence-corrected chi connectivity index (χ2v) is 6.70. The number of aromatic nitrogens is 3. The van der Waals surface area contributed by atoms with Gasteiger partial charge >= 0.3 is 0 Å². The molecule has 1 aliphatic rings. The zero-order valence-corrected chi connectivity index (χ0v) is 14.0. The molecule has 1 N–H and O–H groups in total. The van der Waals surface area contributed by atoms with Crippen LogP contribution in [0, 0.1) is 0 Å². The Labute approximate surface area is 144 Å². The van der Waals surface area contributed by atoms with Gasteiger partial charge in [-0.15, -0.1) is 11.3 Å². The topological polar surface area (TPSA) is 59.9 Å². The van der Waals surface area contributed by atoms with Gasteiger partial charge in [0.15, 0.2) is 0 Å². The lowest BCUT2D eigenvalue weighted by Crippen LogP contribution is -2.08. The standard InChI is InChI=1S/C18H18N4OS/c1-4-16(23-9-1)17-15(13-5-7-19-8-6-13)12-21-18(22-17)20-11-14-3-2-10-24-14/h2-3,5-8,10,12,16H,1,4,9,11H2,(H,20,21,22)/t16-/m1/s1. The van der Waals surface area contributed by atoms with Gasteiger partial charge in [-0.1, -0.05) is 6.07 Å². The van der Waals surface area contributed by atoms with Crippen LogP contribution in [0.5, 0.6) is 0 Å². The maximum atomic E-state index is 5.87. The molecule has 1 aliphatic heterocycles. The zero-order chi connectivity index (χ0) is 16.2.